The number of nitrogens with zero attached hydrogens (tertiary/aromatic N) is 2. The highest BCUT2D eigenvalue weighted by molar-refractivity contribution is 6.35. The molecule has 2 aliphatic carbocycles. The summed E-state index contributed by atoms with van der Waals surface area (Å²) in [5.74, 6) is -0.254. The van der Waals surface area contributed by atoms with Crippen LogP contribution in [0.15, 0.2) is 18.2 Å². The number of halogens is 2. The highest BCUT2D eigenvalue weighted by Crippen LogP contribution is 2.54. The minimum absolute atomic E-state index is 0.170. The summed E-state index contributed by atoms with van der Waals surface area (Å²) in [5.41, 5.74) is 2.79. The van der Waals surface area contributed by atoms with E-state index in [0.717, 1.165) is 30.5 Å². The maximum absolute atomic E-state index is 11.5. The quantitative estimate of drug-likeness (QED) is 0.899. The van der Waals surface area contributed by atoms with E-state index in [1.165, 1.54) is 0 Å². The Hall–Kier alpha value is -1.52. The van der Waals surface area contributed by atoms with Crippen molar-refractivity contribution in [3.05, 3.63) is 45.2 Å². The fourth-order valence-electron chi connectivity index (χ4n) is 3.73. The van der Waals surface area contributed by atoms with Gasteiger partial charge >= 0.3 is 5.97 Å². The summed E-state index contributed by atoms with van der Waals surface area (Å²) in [6, 6.07) is 5.18. The zero-order valence-corrected chi connectivity index (χ0v) is 12.5. The summed E-state index contributed by atoms with van der Waals surface area (Å²) >= 11 is 12.2. The molecule has 1 heterocycles. The van der Waals surface area contributed by atoms with E-state index in [2.05, 4.69) is 5.10 Å². The molecule has 108 valence electrons. The molecule has 0 aliphatic heterocycles. The lowest BCUT2D eigenvalue weighted by molar-refractivity contribution is 0.0688. The molecule has 6 heteroatoms. The Morgan fingerprint density at radius 1 is 1.29 bits per heavy atom. The van der Waals surface area contributed by atoms with Crippen LogP contribution >= 0.6 is 23.2 Å². The van der Waals surface area contributed by atoms with Crippen molar-refractivity contribution >= 4 is 29.2 Å². The molecule has 4 rings (SSSR count). The number of fused-ring (bicyclic) bond motifs is 5. The molecule has 0 radical (unpaired) electrons. The zero-order chi connectivity index (χ0) is 14.7. The van der Waals surface area contributed by atoms with Gasteiger partial charge in [0.1, 0.15) is 0 Å². The van der Waals surface area contributed by atoms with E-state index in [1.807, 2.05) is 0 Å². The molecule has 0 amide bonds. The van der Waals surface area contributed by atoms with Crippen LogP contribution in [0.5, 0.6) is 0 Å². The van der Waals surface area contributed by atoms with E-state index in [9.17, 15) is 9.90 Å². The Bertz CT molecular complexity index is 769. The third kappa shape index (κ3) is 1.82. The molecule has 1 aromatic carbocycles. The van der Waals surface area contributed by atoms with Crippen molar-refractivity contribution in [1.82, 2.24) is 9.78 Å². The smallest absolute Gasteiger partial charge is 0.356 e. The van der Waals surface area contributed by atoms with Crippen molar-refractivity contribution in [3.8, 4) is 5.69 Å². The molecule has 2 aliphatic rings. The number of hydrogen-bond donors (Lipinski definition) is 1. The van der Waals surface area contributed by atoms with Gasteiger partial charge in [-0.3, -0.25) is 0 Å². The van der Waals surface area contributed by atoms with Crippen LogP contribution in [0, 0.1) is 0 Å². The summed E-state index contributed by atoms with van der Waals surface area (Å²) in [6.07, 6.45) is 3.17. The van der Waals surface area contributed by atoms with Crippen LogP contribution in [0.2, 0.25) is 10.0 Å². The second-order valence-corrected chi connectivity index (χ2v) is 6.51. The van der Waals surface area contributed by atoms with Crippen LogP contribution in [-0.4, -0.2) is 20.9 Å². The van der Waals surface area contributed by atoms with Gasteiger partial charge < -0.3 is 5.11 Å². The summed E-state index contributed by atoms with van der Waals surface area (Å²) in [4.78, 5) is 11.5. The standard InChI is InChI=1S/C15H12Cl2N2O2/c16-9-3-4-11(10(17)6-9)19-14-8-2-1-7(5-8)12(14)13(18-19)15(20)21/h3-4,6-8H,1-2,5H2,(H,20,21). The predicted molar refractivity (Wildman–Crippen MR) is 79.9 cm³/mol. The van der Waals surface area contributed by atoms with Gasteiger partial charge in [-0.1, -0.05) is 23.2 Å². The van der Waals surface area contributed by atoms with Crippen LogP contribution in [0.3, 0.4) is 0 Å². The zero-order valence-electron chi connectivity index (χ0n) is 11.0. The van der Waals surface area contributed by atoms with Crippen molar-refractivity contribution in [1.29, 1.82) is 0 Å². The van der Waals surface area contributed by atoms with Gasteiger partial charge in [-0.15, -0.1) is 0 Å². The summed E-state index contributed by atoms with van der Waals surface area (Å²) in [7, 11) is 0. The lowest BCUT2D eigenvalue weighted by atomic mass is 9.95. The van der Waals surface area contributed by atoms with E-state index < -0.39 is 5.97 Å². The molecule has 4 nitrogen and oxygen atoms in total. The third-order valence-corrected chi connectivity index (χ3v) is 5.07. The van der Waals surface area contributed by atoms with Crippen molar-refractivity contribution in [2.75, 3.05) is 0 Å². The molecule has 1 saturated carbocycles. The van der Waals surface area contributed by atoms with Crippen molar-refractivity contribution in [3.63, 3.8) is 0 Å². The van der Waals surface area contributed by atoms with Gasteiger partial charge in [0.05, 0.1) is 16.4 Å². The van der Waals surface area contributed by atoms with Gasteiger partial charge in [-0.05, 0) is 43.4 Å². The van der Waals surface area contributed by atoms with Crippen LogP contribution in [0.25, 0.3) is 5.69 Å². The van der Waals surface area contributed by atoms with Crippen LogP contribution < -0.4 is 0 Å². The molecule has 2 aromatic rings. The van der Waals surface area contributed by atoms with E-state index in [1.54, 1.807) is 22.9 Å². The second kappa shape index (κ2) is 4.49. The fraction of sp³-hybridized carbons (Fsp3) is 0.333. The summed E-state index contributed by atoms with van der Waals surface area (Å²) in [6.45, 7) is 0. The molecule has 2 unspecified atom stereocenters. The Morgan fingerprint density at radius 3 is 2.76 bits per heavy atom. The van der Waals surface area contributed by atoms with Crippen molar-refractivity contribution < 1.29 is 9.90 Å². The number of aromatic carboxylic acids is 1. The lowest BCUT2D eigenvalue weighted by Gasteiger charge is -2.14. The van der Waals surface area contributed by atoms with Crippen LogP contribution in [-0.2, 0) is 0 Å². The van der Waals surface area contributed by atoms with Gasteiger partial charge in [0, 0.05) is 16.5 Å². The third-order valence-electron chi connectivity index (χ3n) is 4.53. The maximum Gasteiger partial charge on any atom is 0.356 e. The minimum atomic E-state index is -0.970. The van der Waals surface area contributed by atoms with Crippen LogP contribution in [0.1, 0.15) is 52.8 Å². The summed E-state index contributed by atoms with van der Waals surface area (Å²) < 4.78 is 1.71. The SMILES string of the molecule is O=C(O)c1nn(-c2ccc(Cl)cc2Cl)c2c1C1CCC2C1. The Balaban J connectivity index is 1.97. The number of carboxylic acids is 1. The van der Waals surface area contributed by atoms with Crippen molar-refractivity contribution in [2.45, 2.75) is 31.1 Å². The average molecular weight is 323 g/mol. The molecule has 1 fully saturated rings. The number of rotatable bonds is 2. The Labute approximate surface area is 131 Å². The first-order valence-electron chi connectivity index (χ1n) is 6.87. The Morgan fingerprint density at radius 2 is 2.05 bits per heavy atom. The monoisotopic (exact) mass is 322 g/mol. The first-order valence-corrected chi connectivity index (χ1v) is 7.63. The van der Waals surface area contributed by atoms with Crippen LogP contribution in [0.4, 0.5) is 0 Å². The highest BCUT2D eigenvalue weighted by atomic mass is 35.5. The lowest BCUT2D eigenvalue weighted by Crippen LogP contribution is -2.06. The van der Waals surface area contributed by atoms with Gasteiger partial charge in [0.2, 0.25) is 0 Å². The number of aromatic nitrogens is 2. The van der Waals surface area contributed by atoms with E-state index >= 15 is 0 Å². The fourth-order valence-corrected chi connectivity index (χ4v) is 4.21. The minimum Gasteiger partial charge on any atom is -0.476 e. The molecule has 0 saturated heterocycles. The molecular weight excluding hydrogens is 311 g/mol. The second-order valence-electron chi connectivity index (χ2n) is 5.67. The Kier molecular flexibility index (Phi) is 2.81. The van der Waals surface area contributed by atoms with Gasteiger partial charge in [-0.2, -0.15) is 5.10 Å². The van der Waals surface area contributed by atoms with E-state index in [-0.39, 0.29) is 5.69 Å². The first-order chi connectivity index (χ1) is 10.1. The van der Waals surface area contributed by atoms with Crippen molar-refractivity contribution in [2.24, 2.45) is 0 Å². The van der Waals surface area contributed by atoms with Gasteiger partial charge in [-0.25, -0.2) is 9.48 Å². The summed E-state index contributed by atoms with van der Waals surface area (Å²) in [5, 5.41) is 14.8. The highest BCUT2D eigenvalue weighted by Gasteiger charge is 2.44. The van der Waals surface area contributed by atoms with E-state index in [0.29, 0.717) is 27.6 Å². The van der Waals surface area contributed by atoms with Gasteiger partial charge in [0.25, 0.3) is 0 Å². The molecule has 1 N–H and O–H groups in total. The number of hydrogen-bond acceptors (Lipinski definition) is 2. The molecule has 2 atom stereocenters. The maximum atomic E-state index is 11.5. The number of benzene rings is 1. The predicted octanol–water partition coefficient (Wildman–Crippen LogP) is 4.24. The molecule has 1 aromatic heterocycles. The normalized spacial score (nSPS) is 22.6. The number of carboxylic acid groups (broad SMARTS) is 1. The molecule has 0 spiro atoms. The average Bonchev–Trinajstić information content (AvgIpc) is 3.09. The molecule has 2 bridgehead atoms. The van der Waals surface area contributed by atoms with Gasteiger partial charge in [0.15, 0.2) is 5.69 Å². The molecular formula is C15H12Cl2N2O2. The topological polar surface area (TPSA) is 55.1 Å². The van der Waals surface area contributed by atoms with E-state index in [4.69, 9.17) is 23.2 Å². The largest absolute Gasteiger partial charge is 0.476 e. The first kappa shape index (κ1) is 13.2. The number of carbonyl (C=O) groups is 1. The molecule has 21 heavy (non-hydrogen) atoms.